The maximum absolute atomic E-state index is 12.6. The molecule has 24 heavy (non-hydrogen) atoms. The number of ether oxygens (including phenoxy) is 1. The molecule has 0 saturated carbocycles. The molecule has 2 rings (SSSR count). The molecule has 0 bridgehead atoms. The highest BCUT2D eigenvalue weighted by atomic mass is 32.2. The average molecular weight is 370 g/mol. The first-order chi connectivity index (χ1) is 11.0. The lowest BCUT2D eigenvalue weighted by Gasteiger charge is -2.13. The number of benzene rings is 2. The lowest BCUT2D eigenvalue weighted by atomic mass is 10.2. The van der Waals surface area contributed by atoms with Crippen LogP contribution in [-0.4, -0.2) is 23.9 Å². The highest BCUT2D eigenvalue weighted by Crippen LogP contribution is 2.28. The molecule has 0 heterocycles. The smallest absolute Gasteiger partial charge is 0.262 e. The molecular formula is C15H18N2O5S2. The van der Waals surface area contributed by atoms with Crippen LogP contribution in [0.15, 0.2) is 46.2 Å². The summed E-state index contributed by atoms with van der Waals surface area (Å²) in [6.45, 7) is 3.46. The minimum atomic E-state index is -4.06. The van der Waals surface area contributed by atoms with Crippen LogP contribution in [0.3, 0.4) is 0 Å². The molecule has 0 radical (unpaired) electrons. The fraction of sp³-hybridized carbons (Fsp3) is 0.200. The highest BCUT2D eigenvalue weighted by molar-refractivity contribution is 7.92. The van der Waals surface area contributed by atoms with Gasteiger partial charge in [-0.3, -0.25) is 4.72 Å². The molecular weight excluding hydrogens is 352 g/mol. The summed E-state index contributed by atoms with van der Waals surface area (Å²) in [5, 5.41) is 5.14. The maximum atomic E-state index is 12.6. The Labute approximate surface area is 141 Å². The molecule has 0 saturated heterocycles. The van der Waals surface area contributed by atoms with E-state index >= 15 is 0 Å². The number of sulfonamides is 2. The van der Waals surface area contributed by atoms with Gasteiger partial charge in [0.2, 0.25) is 10.0 Å². The average Bonchev–Trinajstić information content (AvgIpc) is 2.48. The van der Waals surface area contributed by atoms with E-state index in [1.54, 1.807) is 32.0 Å². The Bertz CT molecular complexity index is 983. The van der Waals surface area contributed by atoms with Crippen LogP contribution in [0.25, 0.3) is 0 Å². The van der Waals surface area contributed by atoms with Crippen molar-refractivity contribution in [3.05, 3.63) is 47.5 Å². The third-order valence-corrected chi connectivity index (χ3v) is 5.81. The van der Waals surface area contributed by atoms with Crippen molar-refractivity contribution < 1.29 is 21.6 Å². The molecule has 0 atom stereocenters. The van der Waals surface area contributed by atoms with E-state index in [4.69, 9.17) is 9.88 Å². The summed E-state index contributed by atoms with van der Waals surface area (Å²) in [4.78, 5) is -0.179. The largest absolute Gasteiger partial charge is 0.495 e. The Kier molecular flexibility index (Phi) is 4.88. The molecule has 0 aliphatic rings. The van der Waals surface area contributed by atoms with Gasteiger partial charge < -0.3 is 4.74 Å². The topological polar surface area (TPSA) is 116 Å². The Balaban J connectivity index is 2.49. The van der Waals surface area contributed by atoms with E-state index in [1.807, 2.05) is 0 Å². The molecule has 0 aliphatic carbocycles. The van der Waals surface area contributed by atoms with E-state index in [0.29, 0.717) is 5.56 Å². The van der Waals surface area contributed by atoms with Crippen molar-refractivity contribution in [3.8, 4) is 5.75 Å². The number of hydrogen-bond donors (Lipinski definition) is 2. The number of nitrogens with one attached hydrogen (secondary N) is 1. The third-order valence-electron chi connectivity index (χ3n) is 3.36. The fourth-order valence-corrected chi connectivity index (χ4v) is 4.27. The van der Waals surface area contributed by atoms with E-state index in [1.165, 1.54) is 19.2 Å². The minimum absolute atomic E-state index is 0.0344. The summed E-state index contributed by atoms with van der Waals surface area (Å²) < 4.78 is 55.7. The van der Waals surface area contributed by atoms with Gasteiger partial charge in [-0.25, -0.2) is 22.0 Å². The summed E-state index contributed by atoms with van der Waals surface area (Å²) >= 11 is 0. The van der Waals surface area contributed by atoms with Gasteiger partial charge in [-0.2, -0.15) is 0 Å². The predicted molar refractivity (Wildman–Crippen MR) is 91.1 cm³/mol. The number of primary sulfonamides is 1. The maximum Gasteiger partial charge on any atom is 0.262 e. The number of methoxy groups -OCH3 is 1. The van der Waals surface area contributed by atoms with Gasteiger partial charge in [-0.15, -0.1) is 0 Å². The summed E-state index contributed by atoms with van der Waals surface area (Å²) in [5.41, 5.74) is 1.44. The van der Waals surface area contributed by atoms with Crippen molar-refractivity contribution in [2.75, 3.05) is 11.8 Å². The van der Waals surface area contributed by atoms with Gasteiger partial charge in [0, 0.05) is 0 Å². The van der Waals surface area contributed by atoms with E-state index in [-0.39, 0.29) is 21.2 Å². The SMILES string of the molecule is COc1ccc(NS(=O)(=O)c2cc(C)ccc2C)cc1S(N)(=O)=O. The van der Waals surface area contributed by atoms with Gasteiger partial charge >= 0.3 is 0 Å². The first-order valence-corrected chi connectivity index (χ1v) is 9.88. The monoisotopic (exact) mass is 370 g/mol. The quantitative estimate of drug-likeness (QED) is 0.832. The summed E-state index contributed by atoms with van der Waals surface area (Å²) in [6, 6.07) is 8.91. The lowest BCUT2D eigenvalue weighted by molar-refractivity contribution is 0.403. The minimum Gasteiger partial charge on any atom is -0.495 e. The molecule has 0 aliphatic heterocycles. The molecule has 0 amide bonds. The van der Waals surface area contributed by atoms with Crippen LogP contribution in [0.2, 0.25) is 0 Å². The van der Waals surface area contributed by atoms with Gasteiger partial charge in [0.15, 0.2) is 0 Å². The van der Waals surface area contributed by atoms with E-state index in [9.17, 15) is 16.8 Å². The molecule has 3 N–H and O–H groups in total. The van der Waals surface area contributed by atoms with Crippen LogP contribution >= 0.6 is 0 Å². The zero-order chi connectivity index (χ0) is 18.1. The van der Waals surface area contributed by atoms with E-state index in [0.717, 1.165) is 11.6 Å². The molecule has 0 unspecified atom stereocenters. The van der Waals surface area contributed by atoms with Crippen LogP contribution in [0.5, 0.6) is 5.75 Å². The molecule has 7 nitrogen and oxygen atoms in total. The Morgan fingerprint density at radius 1 is 0.958 bits per heavy atom. The van der Waals surface area contributed by atoms with Crippen molar-refractivity contribution in [2.45, 2.75) is 23.6 Å². The van der Waals surface area contributed by atoms with Crippen molar-refractivity contribution in [3.63, 3.8) is 0 Å². The van der Waals surface area contributed by atoms with Gasteiger partial charge in [-0.1, -0.05) is 12.1 Å². The van der Waals surface area contributed by atoms with Crippen molar-refractivity contribution >= 4 is 25.7 Å². The Morgan fingerprint density at radius 2 is 1.62 bits per heavy atom. The first-order valence-electron chi connectivity index (χ1n) is 6.85. The van der Waals surface area contributed by atoms with Crippen LogP contribution < -0.4 is 14.6 Å². The zero-order valence-electron chi connectivity index (χ0n) is 13.4. The molecule has 0 fully saturated rings. The Morgan fingerprint density at radius 3 is 2.21 bits per heavy atom. The summed E-state index contributed by atoms with van der Waals surface area (Å²) in [5.74, 6) is 0.0344. The predicted octanol–water partition coefficient (Wildman–Crippen LogP) is 1.76. The fourth-order valence-electron chi connectivity index (χ4n) is 2.17. The molecule has 0 spiro atoms. The second-order valence-corrected chi connectivity index (χ2v) is 8.47. The van der Waals surface area contributed by atoms with Crippen LogP contribution in [-0.2, 0) is 20.0 Å². The van der Waals surface area contributed by atoms with Gasteiger partial charge in [0.1, 0.15) is 10.6 Å². The van der Waals surface area contributed by atoms with E-state index < -0.39 is 20.0 Å². The number of hydrogen-bond acceptors (Lipinski definition) is 5. The zero-order valence-corrected chi connectivity index (χ0v) is 15.0. The molecule has 0 aromatic heterocycles. The number of anilines is 1. The number of rotatable bonds is 5. The van der Waals surface area contributed by atoms with Crippen LogP contribution in [0, 0.1) is 13.8 Å². The second kappa shape index (κ2) is 6.42. The van der Waals surface area contributed by atoms with Crippen LogP contribution in [0.1, 0.15) is 11.1 Å². The summed E-state index contributed by atoms with van der Waals surface area (Å²) in [6.07, 6.45) is 0. The van der Waals surface area contributed by atoms with Crippen molar-refractivity contribution in [2.24, 2.45) is 5.14 Å². The molecule has 2 aromatic rings. The van der Waals surface area contributed by atoms with Crippen molar-refractivity contribution in [1.82, 2.24) is 0 Å². The molecule has 130 valence electrons. The van der Waals surface area contributed by atoms with Gasteiger partial charge in [0.25, 0.3) is 10.0 Å². The van der Waals surface area contributed by atoms with Gasteiger partial charge in [0.05, 0.1) is 17.7 Å². The number of nitrogens with two attached hydrogens (primary N) is 1. The normalized spacial score (nSPS) is 12.0. The number of aryl methyl sites for hydroxylation is 2. The summed E-state index contributed by atoms with van der Waals surface area (Å²) in [7, 11) is -6.64. The van der Waals surface area contributed by atoms with E-state index in [2.05, 4.69) is 4.72 Å². The van der Waals surface area contributed by atoms with Crippen LogP contribution in [0.4, 0.5) is 5.69 Å². The highest BCUT2D eigenvalue weighted by Gasteiger charge is 2.20. The standard InChI is InChI=1S/C15H18N2O5S2/c1-10-4-5-11(2)14(8-10)24(20,21)17-12-6-7-13(22-3)15(9-12)23(16,18)19/h4-9,17H,1-3H3,(H2,16,18,19). The Hall–Kier alpha value is -2.10. The second-order valence-electron chi connectivity index (χ2n) is 5.29. The third kappa shape index (κ3) is 3.86. The molecule has 9 heteroatoms. The van der Waals surface area contributed by atoms with Crippen molar-refractivity contribution in [1.29, 1.82) is 0 Å². The van der Waals surface area contributed by atoms with Gasteiger partial charge in [-0.05, 0) is 49.2 Å². The molecule has 2 aromatic carbocycles. The lowest BCUT2D eigenvalue weighted by Crippen LogP contribution is -2.17. The first kappa shape index (κ1) is 18.2.